The molecule has 0 radical (unpaired) electrons. The van der Waals surface area contributed by atoms with Gasteiger partial charge in [0.15, 0.2) is 4.75 Å². The number of halogens is 2. The summed E-state index contributed by atoms with van der Waals surface area (Å²) in [6.07, 6.45) is -1.05. The van der Waals surface area contributed by atoms with Crippen LogP contribution in [-0.2, 0) is 19.6 Å². The van der Waals surface area contributed by atoms with Crippen molar-refractivity contribution in [1.29, 1.82) is 0 Å². The molecule has 1 aliphatic rings. The predicted molar refractivity (Wildman–Crippen MR) is 65.4 cm³/mol. The van der Waals surface area contributed by atoms with E-state index in [2.05, 4.69) is 0 Å². The highest BCUT2D eigenvalue weighted by Crippen LogP contribution is 2.32. The first-order valence-corrected chi connectivity index (χ1v) is 7.53. The summed E-state index contributed by atoms with van der Waals surface area (Å²) in [5, 5.41) is 0. The maximum absolute atomic E-state index is 13.0. The fraction of sp³-hybridized carbons (Fsp3) is 0.909. The molecule has 0 aliphatic carbocycles. The molecule has 0 N–H and O–H groups in total. The van der Waals surface area contributed by atoms with Crippen molar-refractivity contribution in [3.05, 3.63) is 0 Å². The maximum atomic E-state index is 13.0. The van der Waals surface area contributed by atoms with E-state index < -0.39 is 39.5 Å². The number of sulfonamides is 1. The van der Waals surface area contributed by atoms with Crippen LogP contribution in [0.2, 0.25) is 0 Å². The Kier molecular flexibility index (Phi) is 4.56. The largest absolute Gasteiger partial charge is 0.465 e. The Bertz CT molecular complexity index is 438. The predicted octanol–water partition coefficient (Wildman–Crippen LogP) is 1.39. The third-order valence-corrected chi connectivity index (χ3v) is 5.71. The maximum Gasteiger partial charge on any atom is 0.328 e. The monoisotopic (exact) mass is 299 g/mol. The van der Waals surface area contributed by atoms with Crippen molar-refractivity contribution in [2.45, 2.75) is 44.3 Å². The van der Waals surface area contributed by atoms with Gasteiger partial charge >= 0.3 is 5.97 Å². The molecular formula is C11H19F2NO4S. The fourth-order valence-corrected chi connectivity index (χ4v) is 3.36. The van der Waals surface area contributed by atoms with E-state index in [1.807, 2.05) is 0 Å². The SMILES string of the molecule is CCOC(=O)C(C)(C)S(=O)(=O)N1CCC(F)(F)CC1. The average molecular weight is 299 g/mol. The van der Waals surface area contributed by atoms with E-state index in [0.717, 1.165) is 4.31 Å². The number of hydrogen-bond donors (Lipinski definition) is 0. The minimum absolute atomic E-state index is 0.0653. The van der Waals surface area contributed by atoms with Crippen molar-refractivity contribution in [2.24, 2.45) is 0 Å². The standard InChI is InChI=1S/C11H19F2NO4S/c1-4-18-9(15)10(2,3)19(16,17)14-7-5-11(12,13)6-8-14/h4-8H2,1-3H3. The highest BCUT2D eigenvalue weighted by atomic mass is 32.2. The lowest BCUT2D eigenvalue weighted by Crippen LogP contribution is -2.53. The number of alkyl halides is 2. The molecule has 0 atom stereocenters. The molecule has 0 amide bonds. The molecule has 0 saturated carbocycles. The van der Waals surface area contributed by atoms with Gasteiger partial charge in [0.2, 0.25) is 10.0 Å². The summed E-state index contributed by atoms with van der Waals surface area (Å²) in [6, 6.07) is 0. The summed E-state index contributed by atoms with van der Waals surface area (Å²) in [4.78, 5) is 11.7. The quantitative estimate of drug-likeness (QED) is 0.736. The van der Waals surface area contributed by atoms with E-state index in [1.165, 1.54) is 13.8 Å². The number of piperidine rings is 1. The summed E-state index contributed by atoms with van der Waals surface area (Å²) < 4.78 is 54.6. The molecule has 1 saturated heterocycles. The first-order valence-electron chi connectivity index (χ1n) is 6.09. The topological polar surface area (TPSA) is 63.7 Å². The molecule has 8 heteroatoms. The van der Waals surface area contributed by atoms with Crippen LogP contribution in [0.25, 0.3) is 0 Å². The van der Waals surface area contributed by atoms with Crippen molar-refractivity contribution in [1.82, 2.24) is 4.31 Å². The van der Waals surface area contributed by atoms with Gasteiger partial charge in [0.1, 0.15) is 0 Å². The highest BCUT2D eigenvalue weighted by Gasteiger charge is 2.49. The molecule has 0 aromatic carbocycles. The van der Waals surface area contributed by atoms with Crippen LogP contribution in [0.5, 0.6) is 0 Å². The molecule has 0 aromatic heterocycles. The second-order valence-electron chi connectivity index (χ2n) is 4.99. The minimum Gasteiger partial charge on any atom is -0.465 e. The van der Waals surface area contributed by atoms with Gasteiger partial charge in [-0.1, -0.05) is 0 Å². The van der Waals surface area contributed by atoms with Gasteiger partial charge in [-0.2, -0.15) is 0 Å². The van der Waals surface area contributed by atoms with Gasteiger partial charge in [-0.15, -0.1) is 0 Å². The molecular weight excluding hydrogens is 280 g/mol. The Morgan fingerprint density at radius 2 is 1.79 bits per heavy atom. The van der Waals surface area contributed by atoms with Crippen LogP contribution in [-0.4, -0.2) is 49.1 Å². The van der Waals surface area contributed by atoms with Crippen molar-refractivity contribution >= 4 is 16.0 Å². The molecule has 0 aromatic rings. The Morgan fingerprint density at radius 3 is 2.21 bits per heavy atom. The Balaban J connectivity index is 2.89. The van der Waals surface area contributed by atoms with E-state index in [9.17, 15) is 22.0 Å². The molecule has 1 aliphatic heterocycles. The summed E-state index contributed by atoms with van der Waals surface area (Å²) in [5.41, 5.74) is 0. The van der Waals surface area contributed by atoms with E-state index in [-0.39, 0.29) is 19.7 Å². The fourth-order valence-electron chi connectivity index (χ4n) is 1.79. The lowest BCUT2D eigenvalue weighted by atomic mass is 10.1. The molecule has 1 heterocycles. The molecule has 19 heavy (non-hydrogen) atoms. The lowest BCUT2D eigenvalue weighted by molar-refractivity contribution is -0.145. The zero-order valence-corrected chi connectivity index (χ0v) is 12.1. The van der Waals surface area contributed by atoms with Crippen LogP contribution in [0.3, 0.4) is 0 Å². The number of hydrogen-bond acceptors (Lipinski definition) is 4. The summed E-state index contributed by atoms with van der Waals surface area (Å²) >= 11 is 0. The third kappa shape index (κ3) is 3.22. The number of carbonyl (C=O) groups excluding carboxylic acids is 1. The normalized spacial score (nSPS) is 21.1. The van der Waals surface area contributed by atoms with Gasteiger partial charge in [0.25, 0.3) is 5.92 Å². The molecule has 1 fully saturated rings. The molecule has 112 valence electrons. The van der Waals surface area contributed by atoms with Crippen LogP contribution in [0.15, 0.2) is 0 Å². The third-order valence-electron chi connectivity index (χ3n) is 3.21. The Hall–Kier alpha value is -0.760. The lowest BCUT2D eigenvalue weighted by Gasteiger charge is -2.35. The average Bonchev–Trinajstić information content (AvgIpc) is 2.28. The Labute approximate surface area is 112 Å². The van der Waals surface area contributed by atoms with Crippen LogP contribution in [0.4, 0.5) is 8.78 Å². The van der Waals surface area contributed by atoms with Crippen LogP contribution >= 0.6 is 0 Å². The number of carbonyl (C=O) groups is 1. The van der Waals surface area contributed by atoms with Crippen molar-refractivity contribution in [3.63, 3.8) is 0 Å². The van der Waals surface area contributed by atoms with E-state index >= 15 is 0 Å². The number of esters is 1. The summed E-state index contributed by atoms with van der Waals surface area (Å²) in [6.45, 7) is 3.54. The Morgan fingerprint density at radius 1 is 1.32 bits per heavy atom. The van der Waals surface area contributed by atoms with E-state index in [1.54, 1.807) is 6.92 Å². The first-order chi connectivity index (χ1) is 8.54. The zero-order chi connectivity index (χ0) is 14.9. The summed E-state index contributed by atoms with van der Waals surface area (Å²) in [7, 11) is -4.01. The minimum atomic E-state index is -4.01. The van der Waals surface area contributed by atoms with Crippen molar-refractivity contribution < 1.29 is 26.7 Å². The molecule has 1 rings (SSSR count). The second-order valence-corrected chi connectivity index (χ2v) is 7.48. The first kappa shape index (κ1) is 16.3. The molecule has 0 spiro atoms. The zero-order valence-electron chi connectivity index (χ0n) is 11.3. The van der Waals surface area contributed by atoms with E-state index in [4.69, 9.17) is 4.74 Å². The van der Waals surface area contributed by atoms with Crippen LogP contribution in [0, 0.1) is 0 Å². The van der Waals surface area contributed by atoms with Gasteiger partial charge < -0.3 is 4.74 Å². The number of nitrogens with zero attached hydrogens (tertiary/aromatic N) is 1. The second kappa shape index (κ2) is 5.32. The van der Waals surface area contributed by atoms with Gasteiger partial charge in [0.05, 0.1) is 6.61 Å². The van der Waals surface area contributed by atoms with Crippen molar-refractivity contribution in [3.8, 4) is 0 Å². The van der Waals surface area contributed by atoms with Crippen molar-refractivity contribution in [2.75, 3.05) is 19.7 Å². The highest BCUT2D eigenvalue weighted by molar-refractivity contribution is 7.91. The smallest absolute Gasteiger partial charge is 0.328 e. The van der Waals surface area contributed by atoms with E-state index in [0.29, 0.717) is 0 Å². The number of rotatable bonds is 4. The summed E-state index contributed by atoms with van der Waals surface area (Å²) in [5.74, 6) is -3.70. The molecule has 0 unspecified atom stereocenters. The van der Waals surface area contributed by atoms with Gasteiger partial charge in [-0.3, -0.25) is 4.79 Å². The van der Waals surface area contributed by atoms with Gasteiger partial charge in [-0.25, -0.2) is 21.5 Å². The van der Waals surface area contributed by atoms with Gasteiger partial charge in [-0.05, 0) is 20.8 Å². The van der Waals surface area contributed by atoms with Crippen LogP contribution < -0.4 is 0 Å². The molecule has 0 bridgehead atoms. The molecule has 5 nitrogen and oxygen atoms in total. The van der Waals surface area contributed by atoms with Crippen LogP contribution in [0.1, 0.15) is 33.6 Å². The number of ether oxygens (including phenoxy) is 1. The van der Waals surface area contributed by atoms with Gasteiger partial charge in [0, 0.05) is 25.9 Å².